The highest BCUT2D eigenvalue weighted by molar-refractivity contribution is 8.05. The van der Waals surface area contributed by atoms with E-state index < -0.39 is 29.2 Å². The van der Waals surface area contributed by atoms with Gasteiger partial charge in [-0.2, -0.15) is 0 Å². The van der Waals surface area contributed by atoms with Gasteiger partial charge < -0.3 is 21.4 Å². The summed E-state index contributed by atoms with van der Waals surface area (Å²) in [5, 5.41) is 31.1. The largest absolute Gasteiger partial charge is 0.477 e. The summed E-state index contributed by atoms with van der Waals surface area (Å²) in [7, 11) is 0. The zero-order valence-electron chi connectivity index (χ0n) is 15.3. The van der Waals surface area contributed by atoms with Crippen molar-refractivity contribution in [1.29, 1.82) is 0 Å². The number of β-lactam (4-membered cyclic amide) rings is 1. The number of amides is 2. The second-order valence-corrected chi connectivity index (χ2v) is 9.82. The van der Waals surface area contributed by atoms with Gasteiger partial charge in [-0.15, -0.1) is 40.0 Å². The highest BCUT2D eigenvalue weighted by atomic mass is 32.2. The van der Waals surface area contributed by atoms with Gasteiger partial charge >= 0.3 is 5.97 Å². The summed E-state index contributed by atoms with van der Waals surface area (Å²) < 4.78 is 3.77. The molecule has 0 spiro atoms. The second kappa shape index (κ2) is 8.81. The van der Waals surface area contributed by atoms with Crippen LogP contribution in [0.2, 0.25) is 0 Å². The topological polar surface area (TPSA) is 184 Å². The average molecular weight is 500 g/mol. The number of thiazole rings is 1. The van der Waals surface area contributed by atoms with Crippen LogP contribution in [-0.2, 0) is 20.1 Å². The van der Waals surface area contributed by atoms with E-state index in [1.165, 1.54) is 45.3 Å². The number of aliphatic carboxylic acids is 1. The number of carboxylic acids is 1. The van der Waals surface area contributed by atoms with Crippen molar-refractivity contribution in [3.63, 3.8) is 0 Å². The van der Waals surface area contributed by atoms with Crippen LogP contribution >= 0.6 is 46.4 Å². The van der Waals surface area contributed by atoms with E-state index in [1.54, 1.807) is 5.38 Å². The van der Waals surface area contributed by atoms with Gasteiger partial charge in [-0.05, 0) is 11.5 Å². The van der Waals surface area contributed by atoms with Crippen LogP contribution in [0, 0.1) is 0 Å². The molecule has 0 saturated carbocycles. The number of nitrogens with zero attached hydrogens (tertiary/aromatic N) is 5. The maximum absolute atomic E-state index is 12.7. The van der Waals surface area contributed by atoms with E-state index in [0.717, 1.165) is 17.0 Å². The molecule has 4 rings (SSSR count). The maximum atomic E-state index is 12.7. The number of hydrogen-bond donors (Lipinski definition) is 4. The van der Waals surface area contributed by atoms with Crippen molar-refractivity contribution >= 4 is 75.0 Å². The summed E-state index contributed by atoms with van der Waals surface area (Å²) in [6, 6.07) is -0.964. The highest BCUT2D eigenvalue weighted by Gasteiger charge is 2.54. The van der Waals surface area contributed by atoms with Crippen LogP contribution in [0.1, 0.15) is 11.4 Å². The van der Waals surface area contributed by atoms with E-state index in [1.807, 2.05) is 0 Å². The van der Waals surface area contributed by atoms with Crippen LogP contribution in [-0.4, -0.2) is 70.4 Å². The van der Waals surface area contributed by atoms with Crippen molar-refractivity contribution in [2.24, 2.45) is 5.16 Å². The molecule has 5 N–H and O–H groups in total. The number of aromatic nitrogens is 3. The van der Waals surface area contributed by atoms with Crippen molar-refractivity contribution in [2.45, 2.75) is 17.2 Å². The Kier molecular flexibility index (Phi) is 6.12. The summed E-state index contributed by atoms with van der Waals surface area (Å²) >= 11 is 4.88. The molecule has 2 amide bonds. The first-order chi connectivity index (χ1) is 14.9. The van der Waals surface area contributed by atoms with Crippen molar-refractivity contribution in [3.8, 4) is 0 Å². The SMILES string of the molecule is Nc1nc(/C(=N/O)C(=O)N[C@@H]2C(=O)N3C(C(=O)O)=C(SCc4csnn4)CS[C@H]23)cs1. The normalized spacial score (nSPS) is 21.0. The van der Waals surface area contributed by atoms with Gasteiger partial charge in [0.15, 0.2) is 10.8 Å². The standard InChI is InChI=1S/C15H13N7O5S4/c16-15-17-6(3-30-15)8(20-27)11(23)18-9-12(24)22-10(14(25)26)7(4-29-13(9)22)28-1-5-2-31-21-19-5/h2-3,9,13,27H,1,4H2,(H2,16,17)(H,18,23)(H,25,26)/b20-8-/t9-,13-/m1/s1. The number of carbonyl (C=O) groups is 3. The third kappa shape index (κ3) is 4.10. The van der Waals surface area contributed by atoms with Crippen molar-refractivity contribution < 1.29 is 24.7 Å². The molecule has 0 unspecified atom stereocenters. The summed E-state index contributed by atoms with van der Waals surface area (Å²) in [4.78, 5) is 42.7. The molecule has 162 valence electrons. The molecule has 2 aliphatic rings. The molecule has 1 fully saturated rings. The quantitative estimate of drug-likeness (QED) is 0.179. The minimum Gasteiger partial charge on any atom is -0.477 e. The Bertz CT molecular complexity index is 1100. The summed E-state index contributed by atoms with van der Waals surface area (Å²) in [6.07, 6.45) is 0. The Balaban J connectivity index is 1.48. The molecule has 2 aromatic rings. The minimum atomic E-state index is -1.22. The summed E-state index contributed by atoms with van der Waals surface area (Å²) in [6.45, 7) is 0. The molecule has 31 heavy (non-hydrogen) atoms. The van der Waals surface area contributed by atoms with Gasteiger partial charge in [0.25, 0.3) is 11.8 Å². The average Bonchev–Trinajstić information content (AvgIpc) is 3.42. The van der Waals surface area contributed by atoms with E-state index in [2.05, 4.69) is 25.0 Å². The first-order valence-electron chi connectivity index (χ1n) is 8.44. The molecule has 0 bridgehead atoms. The van der Waals surface area contributed by atoms with Gasteiger partial charge in [0.1, 0.15) is 22.8 Å². The number of oxime groups is 1. The number of carbonyl (C=O) groups excluding carboxylic acids is 2. The molecule has 0 aliphatic carbocycles. The fourth-order valence-corrected chi connectivity index (χ4v) is 6.55. The van der Waals surface area contributed by atoms with E-state index >= 15 is 0 Å². The van der Waals surface area contributed by atoms with Crippen LogP contribution in [0.25, 0.3) is 0 Å². The summed E-state index contributed by atoms with van der Waals surface area (Å²) in [5.74, 6) is -1.81. The molecular weight excluding hydrogens is 486 g/mol. The first kappa shape index (κ1) is 21.5. The third-order valence-corrected chi connectivity index (χ3v) is 8.12. The fourth-order valence-electron chi connectivity index (χ4n) is 2.93. The van der Waals surface area contributed by atoms with Crippen LogP contribution in [0.15, 0.2) is 26.5 Å². The molecule has 12 nitrogen and oxygen atoms in total. The Morgan fingerprint density at radius 3 is 2.84 bits per heavy atom. The smallest absolute Gasteiger partial charge is 0.353 e. The lowest BCUT2D eigenvalue weighted by Crippen LogP contribution is -2.71. The van der Waals surface area contributed by atoms with Crippen LogP contribution < -0.4 is 11.1 Å². The Labute approximate surface area is 190 Å². The summed E-state index contributed by atoms with van der Waals surface area (Å²) in [5.41, 5.74) is 5.84. The van der Waals surface area contributed by atoms with E-state index in [9.17, 15) is 24.7 Å². The van der Waals surface area contributed by atoms with Gasteiger partial charge in [-0.3, -0.25) is 14.5 Å². The Morgan fingerprint density at radius 2 is 2.23 bits per heavy atom. The van der Waals surface area contributed by atoms with E-state index in [4.69, 9.17) is 5.73 Å². The number of anilines is 1. The number of hydrogen-bond acceptors (Lipinski definition) is 13. The van der Waals surface area contributed by atoms with Crippen LogP contribution in [0.3, 0.4) is 0 Å². The molecule has 16 heteroatoms. The van der Waals surface area contributed by atoms with E-state index in [-0.39, 0.29) is 22.2 Å². The lowest BCUT2D eigenvalue weighted by atomic mass is 10.0. The minimum absolute atomic E-state index is 0.0729. The second-order valence-electron chi connectivity index (χ2n) is 6.14. The molecule has 2 aromatic heterocycles. The monoisotopic (exact) mass is 499 g/mol. The van der Waals surface area contributed by atoms with Crippen molar-refractivity contribution in [2.75, 3.05) is 11.5 Å². The van der Waals surface area contributed by atoms with Gasteiger partial charge in [0.05, 0.1) is 5.69 Å². The number of fused-ring (bicyclic) bond motifs is 1. The number of nitrogens with two attached hydrogens (primary N) is 1. The van der Waals surface area contributed by atoms with Crippen molar-refractivity contribution in [3.05, 3.63) is 32.8 Å². The predicted octanol–water partition coefficient (Wildman–Crippen LogP) is 0.385. The fraction of sp³-hybridized carbons (Fsp3) is 0.267. The van der Waals surface area contributed by atoms with Gasteiger partial charge in [-0.1, -0.05) is 9.64 Å². The lowest BCUT2D eigenvalue weighted by molar-refractivity contribution is -0.150. The zero-order valence-corrected chi connectivity index (χ0v) is 18.6. The van der Waals surface area contributed by atoms with Gasteiger partial charge in [0, 0.05) is 27.2 Å². The number of thioether (sulfide) groups is 2. The number of nitrogen functional groups attached to an aromatic ring is 1. The molecule has 0 aromatic carbocycles. The van der Waals surface area contributed by atoms with Crippen LogP contribution in [0.4, 0.5) is 5.13 Å². The highest BCUT2D eigenvalue weighted by Crippen LogP contribution is 2.44. The Morgan fingerprint density at radius 1 is 1.42 bits per heavy atom. The third-order valence-electron chi connectivity index (χ3n) is 4.30. The zero-order chi connectivity index (χ0) is 22.1. The predicted molar refractivity (Wildman–Crippen MR) is 116 cm³/mol. The molecule has 1 saturated heterocycles. The number of rotatable bonds is 7. The molecule has 4 heterocycles. The maximum Gasteiger partial charge on any atom is 0.353 e. The molecule has 0 radical (unpaired) electrons. The van der Waals surface area contributed by atoms with Gasteiger partial charge in [0.2, 0.25) is 0 Å². The first-order valence-corrected chi connectivity index (χ1v) is 12.2. The van der Waals surface area contributed by atoms with Gasteiger partial charge in [-0.25, -0.2) is 9.78 Å². The molecular formula is C15H13N7O5S4. The lowest BCUT2D eigenvalue weighted by Gasteiger charge is -2.49. The number of nitrogens with one attached hydrogen (secondary N) is 1. The van der Waals surface area contributed by atoms with E-state index in [0.29, 0.717) is 16.4 Å². The number of carboxylic acid groups (broad SMARTS) is 1. The van der Waals surface area contributed by atoms with Crippen molar-refractivity contribution in [1.82, 2.24) is 24.8 Å². The van der Waals surface area contributed by atoms with Crippen LogP contribution in [0.5, 0.6) is 0 Å². The molecule has 2 aliphatic heterocycles. The molecule has 2 atom stereocenters. The Hall–Kier alpha value is -2.69.